The van der Waals surface area contributed by atoms with Gasteiger partial charge in [-0.25, -0.2) is 4.98 Å². The average molecular weight is 384 g/mol. The molecule has 0 saturated carbocycles. The number of benzene rings is 1. The Hall–Kier alpha value is -2.14. The van der Waals surface area contributed by atoms with Crippen LogP contribution in [0.3, 0.4) is 0 Å². The number of likely N-dealkylation sites (tertiary alicyclic amines) is 1. The van der Waals surface area contributed by atoms with E-state index in [1.54, 1.807) is 0 Å². The van der Waals surface area contributed by atoms with Gasteiger partial charge in [0.15, 0.2) is 0 Å². The summed E-state index contributed by atoms with van der Waals surface area (Å²) in [6.07, 6.45) is 3.82. The van der Waals surface area contributed by atoms with E-state index in [4.69, 9.17) is 9.40 Å². The molecule has 1 aliphatic rings. The Labute approximate surface area is 168 Å². The second kappa shape index (κ2) is 9.37. The molecule has 1 saturated heterocycles. The molecule has 1 atom stereocenters. The van der Waals surface area contributed by atoms with E-state index in [1.807, 2.05) is 6.92 Å². The van der Waals surface area contributed by atoms with Crippen LogP contribution in [0.5, 0.6) is 0 Å². The molecule has 152 valence electrons. The van der Waals surface area contributed by atoms with Gasteiger partial charge in [-0.05, 0) is 70.3 Å². The molecule has 5 heteroatoms. The Bertz CT molecular complexity index is 774. The number of carbonyl (C=O) groups excluding carboxylic acids is 1. The van der Waals surface area contributed by atoms with Gasteiger partial charge in [0.2, 0.25) is 11.8 Å². The van der Waals surface area contributed by atoms with E-state index in [0.717, 1.165) is 62.3 Å². The predicted molar refractivity (Wildman–Crippen MR) is 112 cm³/mol. The number of hydrogen-bond acceptors (Lipinski definition) is 4. The zero-order valence-electron chi connectivity index (χ0n) is 17.6. The van der Waals surface area contributed by atoms with Gasteiger partial charge in [-0.1, -0.05) is 26.0 Å². The van der Waals surface area contributed by atoms with Crippen LogP contribution in [0.1, 0.15) is 57.1 Å². The van der Waals surface area contributed by atoms with E-state index in [1.165, 1.54) is 5.56 Å². The summed E-state index contributed by atoms with van der Waals surface area (Å²) in [5.41, 5.74) is 3.33. The fraction of sp³-hybridized carbons (Fsp3) is 0.565. The van der Waals surface area contributed by atoms with Crippen molar-refractivity contribution in [3.05, 3.63) is 41.3 Å². The molecule has 2 heterocycles. The molecule has 1 aromatic carbocycles. The monoisotopic (exact) mass is 383 g/mol. The summed E-state index contributed by atoms with van der Waals surface area (Å²) in [5, 5.41) is 3.12. The first-order valence-corrected chi connectivity index (χ1v) is 10.6. The number of piperidine rings is 1. The summed E-state index contributed by atoms with van der Waals surface area (Å²) < 4.78 is 5.93. The van der Waals surface area contributed by atoms with Crippen LogP contribution in [0.2, 0.25) is 0 Å². The lowest BCUT2D eigenvalue weighted by Crippen LogP contribution is -2.42. The summed E-state index contributed by atoms with van der Waals surface area (Å²) in [4.78, 5) is 19.5. The van der Waals surface area contributed by atoms with Crippen LogP contribution >= 0.6 is 0 Å². The summed E-state index contributed by atoms with van der Waals surface area (Å²) in [6, 6.07) is 8.67. The zero-order chi connectivity index (χ0) is 20.1. The molecule has 1 N–H and O–H groups in total. The minimum atomic E-state index is 0.135. The highest BCUT2D eigenvalue weighted by atomic mass is 16.4. The third kappa shape index (κ3) is 5.02. The maximum absolute atomic E-state index is 12.3. The summed E-state index contributed by atoms with van der Waals surface area (Å²) in [5.74, 6) is 1.92. The Morgan fingerprint density at radius 3 is 2.54 bits per heavy atom. The molecule has 5 nitrogen and oxygen atoms in total. The molecule has 0 bridgehead atoms. The Morgan fingerprint density at radius 1 is 1.25 bits per heavy atom. The van der Waals surface area contributed by atoms with Crippen molar-refractivity contribution in [2.45, 2.75) is 66.0 Å². The molecule has 1 aromatic heterocycles. The van der Waals surface area contributed by atoms with Crippen molar-refractivity contribution in [1.29, 1.82) is 0 Å². The van der Waals surface area contributed by atoms with E-state index in [0.29, 0.717) is 5.89 Å². The molecule has 1 aliphatic heterocycles. The first-order chi connectivity index (χ1) is 13.5. The Balaban J connectivity index is 1.56. The largest absolute Gasteiger partial charge is 0.441 e. The van der Waals surface area contributed by atoms with Crippen molar-refractivity contribution < 1.29 is 9.21 Å². The highest BCUT2D eigenvalue weighted by molar-refractivity contribution is 5.79. The van der Waals surface area contributed by atoms with Crippen molar-refractivity contribution in [1.82, 2.24) is 15.2 Å². The van der Waals surface area contributed by atoms with Crippen LogP contribution in [0.15, 0.2) is 28.7 Å². The first kappa shape index (κ1) is 20.6. The van der Waals surface area contributed by atoms with Crippen molar-refractivity contribution in [3.8, 4) is 11.5 Å². The van der Waals surface area contributed by atoms with Crippen molar-refractivity contribution in [2.24, 2.45) is 5.92 Å². The number of carbonyl (C=O) groups is 1. The summed E-state index contributed by atoms with van der Waals surface area (Å²) in [6.45, 7) is 10.9. The lowest BCUT2D eigenvalue weighted by molar-refractivity contribution is -0.127. The molecule has 1 unspecified atom stereocenters. The highest BCUT2D eigenvalue weighted by Gasteiger charge is 2.26. The Morgan fingerprint density at radius 2 is 1.93 bits per heavy atom. The number of amides is 1. The predicted octanol–water partition coefficient (Wildman–Crippen LogP) is 4.34. The van der Waals surface area contributed by atoms with E-state index < -0.39 is 0 Å². The van der Waals surface area contributed by atoms with Gasteiger partial charge in [-0.2, -0.15) is 0 Å². The summed E-state index contributed by atoms with van der Waals surface area (Å²) in [7, 11) is 0. The summed E-state index contributed by atoms with van der Waals surface area (Å²) >= 11 is 0. The fourth-order valence-corrected chi connectivity index (χ4v) is 3.61. The van der Waals surface area contributed by atoms with Crippen LogP contribution in [-0.2, 0) is 17.8 Å². The molecule has 0 radical (unpaired) electrons. The quantitative estimate of drug-likeness (QED) is 0.773. The number of aryl methyl sites for hydroxylation is 2. The molecule has 1 fully saturated rings. The number of hydrogen-bond donors (Lipinski definition) is 1. The van der Waals surface area contributed by atoms with E-state index in [2.05, 4.69) is 55.3 Å². The van der Waals surface area contributed by atoms with Gasteiger partial charge in [-0.3, -0.25) is 9.69 Å². The second-order valence-corrected chi connectivity index (χ2v) is 7.94. The molecule has 28 heavy (non-hydrogen) atoms. The maximum atomic E-state index is 12.3. The number of nitrogens with one attached hydrogen (secondary N) is 1. The van der Waals surface area contributed by atoms with Crippen LogP contribution in [0.4, 0.5) is 0 Å². The minimum Gasteiger partial charge on any atom is -0.441 e. The number of nitrogens with zero attached hydrogens (tertiary/aromatic N) is 2. The standard InChI is InChI=1S/C23H33N3O2/c1-5-16(3)24-22(27)19-11-13-26(14-12-19)15-21-17(4)28-23(25-21)20-9-7-18(6-2)8-10-20/h7-10,16,19H,5-6,11-15H2,1-4H3,(H,24,27). The van der Waals surface area contributed by atoms with E-state index in [9.17, 15) is 4.79 Å². The molecule has 2 aromatic rings. The van der Waals surface area contributed by atoms with Crippen molar-refractivity contribution in [3.63, 3.8) is 0 Å². The normalized spacial score (nSPS) is 16.9. The molecule has 0 aliphatic carbocycles. The minimum absolute atomic E-state index is 0.135. The molecule has 3 rings (SSSR count). The third-order valence-corrected chi connectivity index (χ3v) is 5.83. The number of rotatable bonds is 7. The Kier molecular flexibility index (Phi) is 6.89. The van der Waals surface area contributed by atoms with Crippen LogP contribution in [-0.4, -0.2) is 34.9 Å². The van der Waals surface area contributed by atoms with Crippen LogP contribution in [0.25, 0.3) is 11.5 Å². The van der Waals surface area contributed by atoms with E-state index >= 15 is 0 Å². The van der Waals surface area contributed by atoms with Gasteiger partial charge in [0.05, 0.1) is 5.69 Å². The maximum Gasteiger partial charge on any atom is 0.226 e. The van der Waals surface area contributed by atoms with Gasteiger partial charge in [-0.15, -0.1) is 0 Å². The number of oxazole rings is 1. The average Bonchev–Trinajstić information content (AvgIpc) is 3.08. The van der Waals surface area contributed by atoms with Crippen LogP contribution < -0.4 is 5.32 Å². The molecular weight excluding hydrogens is 350 g/mol. The lowest BCUT2D eigenvalue weighted by atomic mass is 9.95. The third-order valence-electron chi connectivity index (χ3n) is 5.83. The van der Waals surface area contributed by atoms with Crippen molar-refractivity contribution >= 4 is 5.91 Å². The van der Waals surface area contributed by atoms with Gasteiger partial charge in [0.1, 0.15) is 5.76 Å². The molecule has 0 spiro atoms. The highest BCUT2D eigenvalue weighted by Crippen LogP contribution is 2.25. The smallest absolute Gasteiger partial charge is 0.226 e. The molecule has 1 amide bonds. The van der Waals surface area contributed by atoms with Gasteiger partial charge in [0, 0.05) is 24.1 Å². The van der Waals surface area contributed by atoms with Gasteiger partial charge >= 0.3 is 0 Å². The van der Waals surface area contributed by atoms with Gasteiger partial charge in [0.25, 0.3) is 0 Å². The second-order valence-electron chi connectivity index (χ2n) is 7.94. The molecular formula is C23H33N3O2. The van der Waals surface area contributed by atoms with Crippen molar-refractivity contribution in [2.75, 3.05) is 13.1 Å². The SMILES string of the molecule is CCc1ccc(-c2nc(CN3CCC(C(=O)NC(C)CC)CC3)c(C)o2)cc1. The topological polar surface area (TPSA) is 58.4 Å². The number of aromatic nitrogens is 1. The van der Waals surface area contributed by atoms with E-state index in [-0.39, 0.29) is 17.9 Å². The zero-order valence-corrected chi connectivity index (χ0v) is 17.6. The van der Waals surface area contributed by atoms with Gasteiger partial charge < -0.3 is 9.73 Å². The van der Waals surface area contributed by atoms with Crippen LogP contribution in [0, 0.1) is 12.8 Å². The first-order valence-electron chi connectivity index (χ1n) is 10.6. The fourth-order valence-electron chi connectivity index (χ4n) is 3.61. The lowest BCUT2D eigenvalue weighted by Gasteiger charge is -2.31.